The van der Waals surface area contributed by atoms with Gasteiger partial charge < -0.3 is 9.47 Å². The van der Waals surface area contributed by atoms with Crippen LogP contribution >= 0.6 is 0 Å². The molecule has 0 atom stereocenters. The maximum Gasteiger partial charge on any atom is 0.305 e. The maximum absolute atomic E-state index is 11.7. The van der Waals surface area contributed by atoms with Crippen LogP contribution in [0.4, 0.5) is 0 Å². The second kappa shape index (κ2) is 19.7. The van der Waals surface area contributed by atoms with Gasteiger partial charge in [-0.1, -0.05) is 85.0 Å². The fourth-order valence-corrected chi connectivity index (χ4v) is 3.02. The predicted octanol–water partition coefficient (Wildman–Crippen LogP) is 6.60. The molecule has 0 saturated carbocycles. The van der Waals surface area contributed by atoms with Crippen LogP contribution in [0, 0.1) is 5.92 Å². The van der Waals surface area contributed by atoms with Crippen molar-refractivity contribution in [2.75, 3.05) is 13.2 Å². The van der Waals surface area contributed by atoms with Crippen molar-refractivity contribution < 1.29 is 19.1 Å². The lowest BCUT2D eigenvalue weighted by Gasteiger charge is -2.12. The SMILES string of the molecule is CCCCCCCOC(=O)CCCCCCCCC(=O)OCC(CC)CC. The van der Waals surface area contributed by atoms with Crippen LogP contribution in [0.5, 0.6) is 0 Å². The van der Waals surface area contributed by atoms with E-state index in [0.717, 1.165) is 64.2 Å². The van der Waals surface area contributed by atoms with Gasteiger partial charge in [0.25, 0.3) is 0 Å². The normalized spacial score (nSPS) is 11.0. The van der Waals surface area contributed by atoms with Crippen molar-refractivity contribution in [2.45, 2.75) is 117 Å². The molecule has 160 valence electrons. The summed E-state index contributed by atoms with van der Waals surface area (Å²) in [5.74, 6) is 0.395. The highest BCUT2D eigenvalue weighted by Gasteiger charge is 2.08. The summed E-state index contributed by atoms with van der Waals surface area (Å²) in [6, 6.07) is 0. The quantitative estimate of drug-likeness (QED) is 0.186. The Morgan fingerprint density at radius 3 is 1.67 bits per heavy atom. The molecular weight excluding hydrogens is 340 g/mol. The molecule has 0 aliphatic heterocycles. The van der Waals surface area contributed by atoms with Crippen molar-refractivity contribution in [1.29, 1.82) is 0 Å². The summed E-state index contributed by atoms with van der Waals surface area (Å²) in [7, 11) is 0. The minimum atomic E-state index is -0.0562. The van der Waals surface area contributed by atoms with Gasteiger partial charge in [0.15, 0.2) is 0 Å². The van der Waals surface area contributed by atoms with Gasteiger partial charge in [-0.25, -0.2) is 0 Å². The van der Waals surface area contributed by atoms with Crippen molar-refractivity contribution >= 4 is 11.9 Å². The summed E-state index contributed by atoms with van der Waals surface area (Å²) in [6.45, 7) is 7.62. The van der Waals surface area contributed by atoms with Crippen LogP contribution in [-0.2, 0) is 19.1 Å². The molecule has 0 spiro atoms. The van der Waals surface area contributed by atoms with E-state index in [0.29, 0.717) is 32.0 Å². The average molecular weight is 385 g/mol. The lowest BCUT2D eigenvalue weighted by atomic mass is 10.1. The summed E-state index contributed by atoms with van der Waals surface area (Å²) in [5.41, 5.74) is 0. The third-order valence-electron chi connectivity index (χ3n) is 5.16. The Morgan fingerprint density at radius 1 is 0.630 bits per heavy atom. The first kappa shape index (κ1) is 25.9. The van der Waals surface area contributed by atoms with E-state index < -0.39 is 0 Å². The lowest BCUT2D eigenvalue weighted by molar-refractivity contribution is -0.145. The number of rotatable bonds is 19. The minimum Gasteiger partial charge on any atom is -0.466 e. The molecule has 4 nitrogen and oxygen atoms in total. The van der Waals surface area contributed by atoms with Gasteiger partial charge in [-0.15, -0.1) is 0 Å². The van der Waals surface area contributed by atoms with Crippen LogP contribution in [0.15, 0.2) is 0 Å². The number of hydrogen-bond donors (Lipinski definition) is 0. The highest BCUT2D eigenvalue weighted by Crippen LogP contribution is 2.12. The van der Waals surface area contributed by atoms with Crippen LogP contribution in [0.25, 0.3) is 0 Å². The molecular formula is C23H44O4. The highest BCUT2D eigenvalue weighted by atomic mass is 16.5. The lowest BCUT2D eigenvalue weighted by Crippen LogP contribution is -2.12. The summed E-state index contributed by atoms with van der Waals surface area (Å²) in [4.78, 5) is 23.3. The molecule has 0 aromatic carbocycles. The first-order valence-corrected chi connectivity index (χ1v) is 11.4. The van der Waals surface area contributed by atoms with Crippen molar-refractivity contribution in [3.05, 3.63) is 0 Å². The van der Waals surface area contributed by atoms with Crippen molar-refractivity contribution in [1.82, 2.24) is 0 Å². The summed E-state index contributed by atoms with van der Waals surface area (Å²) < 4.78 is 10.6. The monoisotopic (exact) mass is 384 g/mol. The molecule has 0 aliphatic rings. The summed E-state index contributed by atoms with van der Waals surface area (Å²) >= 11 is 0. The van der Waals surface area contributed by atoms with Crippen molar-refractivity contribution in [3.63, 3.8) is 0 Å². The second-order valence-corrected chi connectivity index (χ2v) is 7.62. The molecule has 27 heavy (non-hydrogen) atoms. The minimum absolute atomic E-state index is 0.0503. The number of ether oxygens (including phenoxy) is 2. The summed E-state index contributed by atoms with van der Waals surface area (Å²) in [5, 5.41) is 0. The predicted molar refractivity (Wildman–Crippen MR) is 112 cm³/mol. The first-order valence-electron chi connectivity index (χ1n) is 11.4. The second-order valence-electron chi connectivity index (χ2n) is 7.62. The number of unbranched alkanes of at least 4 members (excludes halogenated alkanes) is 9. The standard InChI is InChI=1S/C23H44O4/c1-4-7-8-13-16-19-26-22(24)17-14-11-9-10-12-15-18-23(25)27-20-21(5-2)6-3/h21H,4-20H2,1-3H3. The molecule has 0 rings (SSSR count). The van der Waals surface area contributed by atoms with E-state index in [-0.39, 0.29) is 11.9 Å². The molecule has 0 radical (unpaired) electrons. The van der Waals surface area contributed by atoms with Gasteiger partial charge in [-0.3, -0.25) is 9.59 Å². The Labute approximate surface area is 167 Å². The van der Waals surface area contributed by atoms with Crippen LogP contribution in [0.3, 0.4) is 0 Å². The Kier molecular flexibility index (Phi) is 18.9. The molecule has 4 heteroatoms. The molecule has 0 N–H and O–H groups in total. The molecule has 0 heterocycles. The maximum atomic E-state index is 11.7. The van der Waals surface area contributed by atoms with Crippen LogP contribution in [0.1, 0.15) is 117 Å². The fourth-order valence-electron chi connectivity index (χ4n) is 3.02. The average Bonchev–Trinajstić information content (AvgIpc) is 2.67. The Bertz CT molecular complexity index is 350. The molecule has 0 unspecified atom stereocenters. The number of hydrogen-bond acceptors (Lipinski definition) is 4. The first-order chi connectivity index (χ1) is 13.1. The van der Waals surface area contributed by atoms with Gasteiger partial charge in [-0.05, 0) is 25.2 Å². The Morgan fingerprint density at radius 2 is 1.11 bits per heavy atom. The molecule has 0 aliphatic carbocycles. The smallest absolute Gasteiger partial charge is 0.305 e. The Balaban J connectivity index is 3.34. The van der Waals surface area contributed by atoms with E-state index in [1.165, 1.54) is 19.3 Å². The van der Waals surface area contributed by atoms with E-state index in [1.807, 2.05) is 0 Å². The molecule has 0 aromatic rings. The van der Waals surface area contributed by atoms with E-state index >= 15 is 0 Å². The third kappa shape index (κ3) is 18.1. The Hall–Kier alpha value is -1.06. The number of carbonyl (C=O) groups is 2. The fraction of sp³-hybridized carbons (Fsp3) is 0.913. The van der Waals surface area contributed by atoms with Gasteiger partial charge in [0.1, 0.15) is 0 Å². The van der Waals surface area contributed by atoms with E-state index in [4.69, 9.17) is 9.47 Å². The van der Waals surface area contributed by atoms with Gasteiger partial charge in [0.05, 0.1) is 13.2 Å². The summed E-state index contributed by atoms with van der Waals surface area (Å²) in [6.07, 6.45) is 15.3. The van der Waals surface area contributed by atoms with Crippen molar-refractivity contribution in [3.8, 4) is 0 Å². The molecule has 0 fully saturated rings. The zero-order valence-corrected chi connectivity index (χ0v) is 18.2. The van der Waals surface area contributed by atoms with E-state index in [2.05, 4.69) is 20.8 Å². The van der Waals surface area contributed by atoms with Gasteiger partial charge >= 0.3 is 11.9 Å². The zero-order valence-electron chi connectivity index (χ0n) is 18.2. The highest BCUT2D eigenvalue weighted by molar-refractivity contribution is 5.69. The van der Waals surface area contributed by atoms with Gasteiger partial charge in [0, 0.05) is 12.8 Å². The third-order valence-corrected chi connectivity index (χ3v) is 5.16. The van der Waals surface area contributed by atoms with Crippen LogP contribution in [-0.4, -0.2) is 25.2 Å². The molecule has 0 amide bonds. The number of esters is 2. The largest absolute Gasteiger partial charge is 0.466 e. The number of carbonyl (C=O) groups excluding carboxylic acids is 2. The van der Waals surface area contributed by atoms with Crippen molar-refractivity contribution in [2.24, 2.45) is 5.92 Å². The molecule has 0 saturated heterocycles. The van der Waals surface area contributed by atoms with E-state index in [1.54, 1.807) is 0 Å². The molecule has 0 bridgehead atoms. The molecule has 0 aromatic heterocycles. The van der Waals surface area contributed by atoms with Crippen LogP contribution < -0.4 is 0 Å². The van der Waals surface area contributed by atoms with E-state index in [9.17, 15) is 9.59 Å². The van der Waals surface area contributed by atoms with Gasteiger partial charge in [-0.2, -0.15) is 0 Å². The van der Waals surface area contributed by atoms with Crippen LogP contribution in [0.2, 0.25) is 0 Å². The van der Waals surface area contributed by atoms with Gasteiger partial charge in [0.2, 0.25) is 0 Å². The topological polar surface area (TPSA) is 52.6 Å². The zero-order chi connectivity index (χ0) is 20.2.